The Balaban J connectivity index is 1.54. The van der Waals surface area contributed by atoms with E-state index in [1.165, 1.54) is 33.7 Å². The van der Waals surface area contributed by atoms with Crippen molar-refractivity contribution in [3.8, 4) is 28.5 Å². The smallest absolute Gasteiger partial charge is 0.387 e. The number of carbonyl (C=O) groups excluding carboxylic acids is 1. The van der Waals surface area contributed by atoms with Gasteiger partial charge in [-0.2, -0.15) is 19.0 Å². The number of anilines is 1. The van der Waals surface area contributed by atoms with E-state index in [2.05, 4.69) is 40.1 Å². The summed E-state index contributed by atoms with van der Waals surface area (Å²) in [5, 5.41) is 11.4. The Morgan fingerprint density at radius 3 is 2.67 bits per heavy atom. The lowest BCUT2D eigenvalue weighted by molar-refractivity contribution is -0.0497. The van der Waals surface area contributed by atoms with E-state index in [-0.39, 0.29) is 41.7 Å². The summed E-state index contributed by atoms with van der Waals surface area (Å²) in [6.45, 7) is 4.72. The van der Waals surface area contributed by atoms with Gasteiger partial charge in [-0.1, -0.05) is 19.6 Å². The molecule has 1 aliphatic rings. The highest BCUT2D eigenvalue weighted by Crippen LogP contribution is 2.44. The van der Waals surface area contributed by atoms with E-state index in [0.717, 1.165) is 6.04 Å². The van der Waals surface area contributed by atoms with Gasteiger partial charge < -0.3 is 24.3 Å². The molecule has 1 aromatic carbocycles. The number of aromatic nitrogens is 5. The van der Waals surface area contributed by atoms with Gasteiger partial charge >= 0.3 is 6.61 Å². The molecule has 0 radical (unpaired) electrons. The number of halogens is 2. The number of ether oxygens (including phenoxy) is 4. The van der Waals surface area contributed by atoms with Gasteiger partial charge in [-0.05, 0) is 18.2 Å². The van der Waals surface area contributed by atoms with Crippen LogP contribution < -0.4 is 19.5 Å². The van der Waals surface area contributed by atoms with E-state index < -0.39 is 20.6 Å². The molecule has 5 rings (SSSR count). The number of hydrogen-bond donors (Lipinski definition) is 1. The third-order valence-corrected chi connectivity index (χ3v) is 7.64. The number of carbonyl (C=O) groups is 1. The van der Waals surface area contributed by atoms with Crippen molar-refractivity contribution in [2.45, 2.75) is 39.0 Å². The summed E-state index contributed by atoms with van der Waals surface area (Å²) in [6, 6.07) is 5.51. The van der Waals surface area contributed by atoms with Crippen LogP contribution in [0, 0.1) is 0 Å². The number of rotatable bonds is 10. The summed E-state index contributed by atoms with van der Waals surface area (Å²) in [4.78, 5) is 17.5. The first-order chi connectivity index (χ1) is 18.7. The van der Waals surface area contributed by atoms with Crippen molar-refractivity contribution in [3.05, 3.63) is 48.5 Å². The van der Waals surface area contributed by atoms with Crippen molar-refractivity contribution in [1.82, 2.24) is 24.4 Å². The van der Waals surface area contributed by atoms with Crippen molar-refractivity contribution in [2.75, 3.05) is 25.1 Å². The van der Waals surface area contributed by atoms with Crippen LogP contribution in [-0.4, -0.2) is 64.8 Å². The summed E-state index contributed by atoms with van der Waals surface area (Å²) < 4.78 is 51.9. The van der Waals surface area contributed by atoms with Gasteiger partial charge in [0.05, 0.1) is 23.8 Å². The van der Waals surface area contributed by atoms with Gasteiger partial charge in [0.1, 0.15) is 31.3 Å². The molecule has 0 bridgehead atoms. The minimum absolute atomic E-state index is 0.0243. The Hall–Kier alpha value is -4.04. The second kappa shape index (κ2) is 11.0. The number of nitrogens with zero attached hydrogens (tertiary/aromatic N) is 5. The second-order valence-corrected chi connectivity index (χ2v) is 15.6. The van der Waals surface area contributed by atoms with E-state index in [9.17, 15) is 13.6 Å². The molecule has 3 aromatic heterocycles. The van der Waals surface area contributed by atoms with E-state index in [1.54, 1.807) is 18.5 Å². The predicted octanol–water partition coefficient (Wildman–Crippen LogP) is 4.53. The maximum absolute atomic E-state index is 13.5. The molecule has 206 valence electrons. The molecule has 39 heavy (non-hydrogen) atoms. The average molecular weight is 559 g/mol. The molecule has 0 saturated heterocycles. The lowest BCUT2D eigenvalue weighted by Crippen LogP contribution is -2.22. The Kier molecular flexibility index (Phi) is 7.48. The number of benzene rings is 1. The fourth-order valence-electron chi connectivity index (χ4n) is 4.01. The molecule has 11 nitrogen and oxygen atoms in total. The van der Waals surface area contributed by atoms with Crippen LogP contribution in [0.3, 0.4) is 0 Å². The summed E-state index contributed by atoms with van der Waals surface area (Å²) >= 11 is 0. The van der Waals surface area contributed by atoms with Crippen LogP contribution in [0.4, 0.5) is 14.5 Å². The number of amides is 1. The zero-order chi connectivity index (χ0) is 27.6. The van der Waals surface area contributed by atoms with E-state index in [0.29, 0.717) is 30.3 Å². The van der Waals surface area contributed by atoms with Crippen molar-refractivity contribution in [1.29, 1.82) is 0 Å². The van der Waals surface area contributed by atoms with Crippen LogP contribution in [0.5, 0.6) is 17.2 Å². The maximum atomic E-state index is 13.5. The zero-order valence-electron chi connectivity index (χ0n) is 21.7. The van der Waals surface area contributed by atoms with Crippen LogP contribution in [0.25, 0.3) is 16.9 Å². The van der Waals surface area contributed by atoms with Gasteiger partial charge in [0.25, 0.3) is 5.91 Å². The molecule has 14 heteroatoms. The van der Waals surface area contributed by atoms with Crippen molar-refractivity contribution >= 4 is 25.3 Å². The Morgan fingerprint density at radius 2 is 1.92 bits per heavy atom. The largest absolute Gasteiger partial charge is 0.486 e. The van der Waals surface area contributed by atoms with Gasteiger partial charge in [-0.15, -0.1) is 0 Å². The van der Waals surface area contributed by atoms with E-state index in [4.69, 9.17) is 18.9 Å². The SMILES string of the molecule is C[Si](C)(C)CCOCn1ncc(NC(=O)c2cnn3cccnc23)c1-c1cc2c(cc1OC(F)F)OCCO2. The molecule has 0 saturated carbocycles. The number of alkyl halides is 2. The summed E-state index contributed by atoms with van der Waals surface area (Å²) in [5.74, 6) is -0.0280. The molecular formula is C25H28F2N6O5Si. The third-order valence-electron chi connectivity index (χ3n) is 5.94. The molecule has 0 atom stereocenters. The van der Waals surface area contributed by atoms with Gasteiger partial charge in [0.2, 0.25) is 0 Å². The number of nitrogens with one attached hydrogen (secondary N) is 1. The standard InChI is InChI=1S/C25H28F2N6O5Si/c1-39(2,3)10-9-35-15-33-22(16-11-20-21(37-8-7-36-20)12-19(16)38-25(26)27)18(14-30-33)31-24(34)17-13-29-32-6-4-5-28-23(17)32/h4-6,11-14,25H,7-10,15H2,1-3H3,(H,31,34). The highest BCUT2D eigenvalue weighted by molar-refractivity contribution is 6.76. The maximum Gasteiger partial charge on any atom is 0.387 e. The molecular weight excluding hydrogens is 530 g/mol. The van der Waals surface area contributed by atoms with Crippen LogP contribution in [0.2, 0.25) is 25.7 Å². The quantitative estimate of drug-likeness (QED) is 0.223. The first-order valence-electron chi connectivity index (χ1n) is 12.3. The molecule has 1 aliphatic heterocycles. The summed E-state index contributed by atoms with van der Waals surface area (Å²) in [5.41, 5.74) is 1.36. The molecule has 4 aromatic rings. The molecule has 1 amide bonds. The Bertz CT molecular complexity index is 1490. The van der Waals surface area contributed by atoms with Crippen molar-refractivity contribution in [2.24, 2.45) is 0 Å². The van der Waals surface area contributed by atoms with Crippen molar-refractivity contribution < 1.29 is 32.5 Å². The number of fused-ring (bicyclic) bond motifs is 2. The lowest BCUT2D eigenvalue weighted by Gasteiger charge is -2.22. The third kappa shape index (κ3) is 6.01. The van der Waals surface area contributed by atoms with Crippen LogP contribution in [0.1, 0.15) is 10.4 Å². The summed E-state index contributed by atoms with van der Waals surface area (Å²) in [7, 11) is -1.35. The van der Waals surface area contributed by atoms with E-state index >= 15 is 0 Å². The molecule has 0 fully saturated rings. The molecule has 4 heterocycles. The minimum Gasteiger partial charge on any atom is -0.486 e. The second-order valence-electron chi connectivity index (χ2n) is 10.0. The topological polar surface area (TPSA) is 114 Å². The molecule has 0 spiro atoms. The van der Waals surface area contributed by atoms with Crippen LogP contribution >= 0.6 is 0 Å². The minimum atomic E-state index is -3.10. The lowest BCUT2D eigenvalue weighted by atomic mass is 10.1. The van der Waals surface area contributed by atoms with Crippen LogP contribution in [0.15, 0.2) is 43.0 Å². The highest BCUT2D eigenvalue weighted by atomic mass is 28.3. The Morgan fingerprint density at radius 1 is 1.15 bits per heavy atom. The average Bonchev–Trinajstić information content (AvgIpc) is 3.49. The first kappa shape index (κ1) is 26.6. The first-order valence-corrected chi connectivity index (χ1v) is 16.0. The fraction of sp³-hybridized carbons (Fsp3) is 0.360. The molecule has 1 N–H and O–H groups in total. The number of hydrogen-bond acceptors (Lipinski definition) is 8. The van der Waals surface area contributed by atoms with Gasteiger partial charge in [0, 0.05) is 38.7 Å². The normalized spacial score (nSPS) is 13.2. The van der Waals surface area contributed by atoms with Gasteiger partial charge in [0.15, 0.2) is 17.1 Å². The molecule has 0 aliphatic carbocycles. The van der Waals surface area contributed by atoms with Gasteiger partial charge in [-0.25, -0.2) is 14.2 Å². The van der Waals surface area contributed by atoms with Crippen LogP contribution in [-0.2, 0) is 11.5 Å². The monoisotopic (exact) mass is 558 g/mol. The van der Waals surface area contributed by atoms with Crippen molar-refractivity contribution in [3.63, 3.8) is 0 Å². The highest BCUT2D eigenvalue weighted by Gasteiger charge is 2.26. The zero-order valence-corrected chi connectivity index (χ0v) is 22.7. The van der Waals surface area contributed by atoms with Gasteiger partial charge in [-0.3, -0.25) is 4.79 Å². The fourth-order valence-corrected chi connectivity index (χ4v) is 4.77. The molecule has 0 unspecified atom stereocenters. The van der Waals surface area contributed by atoms with E-state index in [1.807, 2.05) is 0 Å². The Labute approximate surface area is 223 Å². The summed E-state index contributed by atoms with van der Waals surface area (Å²) in [6.07, 6.45) is 6.05. The predicted molar refractivity (Wildman–Crippen MR) is 140 cm³/mol.